The number of aromatic nitrogens is 3. The molecule has 2 aromatic heterocycles. The number of carbonyl (C=O) groups is 1. The lowest BCUT2D eigenvalue weighted by Crippen LogP contribution is -2.41. The first-order valence-corrected chi connectivity index (χ1v) is 11.3. The highest BCUT2D eigenvalue weighted by Gasteiger charge is 2.26. The number of carbonyl (C=O) groups excluding carboxylic acids is 1. The Balaban J connectivity index is 1.25. The molecule has 3 heterocycles. The molecule has 4 aromatic rings. The van der Waals surface area contributed by atoms with Crippen molar-refractivity contribution in [3.05, 3.63) is 71.7 Å². The van der Waals surface area contributed by atoms with E-state index in [9.17, 15) is 4.79 Å². The molecule has 2 aromatic carbocycles. The van der Waals surface area contributed by atoms with E-state index < -0.39 is 0 Å². The number of nitrogens with zero attached hydrogens (tertiary/aromatic N) is 4. The summed E-state index contributed by atoms with van der Waals surface area (Å²) < 4.78 is 7.65. The molecule has 1 aliphatic rings. The van der Waals surface area contributed by atoms with Crippen LogP contribution in [-0.4, -0.2) is 38.6 Å². The van der Waals surface area contributed by atoms with Gasteiger partial charge in [-0.1, -0.05) is 47.6 Å². The molecule has 5 rings (SSSR count). The number of piperidine rings is 1. The molecule has 1 atom stereocenters. The van der Waals surface area contributed by atoms with Crippen LogP contribution in [0.5, 0.6) is 0 Å². The number of rotatable bonds is 5. The predicted molar refractivity (Wildman–Crippen MR) is 124 cm³/mol. The molecule has 1 amide bonds. The van der Waals surface area contributed by atoms with Gasteiger partial charge < -0.3 is 14.0 Å². The van der Waals surface area contributed by atoms with E-state index in [2.05, 4.69) is 33.0 Å². The predicted octanol–water partition coefficient (Wildman–Crippen LogP) is 4.56. The fourth-order valence-corrected chi connectivity index (χ4v) is 4.82. The molecule has 164 valence electrons. The minimum Gasteiger partial charge on any atom is -0.350 e. The van der Waals surface area contributed by atoms with Gasteiger partial charge in [-0.05, 0) is 42.9 Å². The molecule has 6 heteroatoms. The molecule has 1 saturated heterocycles. The van der Waals surface area contributed by atoms with Gasteiger partial charge in [0.05, 0.1) is 6.42 Å². The second kappa shape index (κ2) is 8.61. The summed E-state index contributed by atoms with van der Waals surface area (Å²) in [6.07, 6.45) is 5.30. The maximum Gasteiger partial charge on any atom is 0.227 e. The van der Waals surface area contributed by atoms with Gasteiger partial charge in [0.25, 0.3) is 0 Å². The summed E-state index contributed by atoms with van der Waals surface area (Å²) in [5, 5.41) is 5.34. The first-order chi connectivity index (χ1) is 15.6. The van der Waals surface area contributed by atoms with Crippen LogP contribution in [0.25, 0.3) is 22.3 Å². The van der Waals surface area contributed by atoms with Gasteiger partial charge in [-0.15, -0.1) is 0 Å². The van der Waals surface area contributed by atoms with E-state index in [0.29, 0.717) is 30.5 Å². The average molecular weight is 429 g/mol. The van der Waals surface area contributed by atoms with Gasteiger partial charge >= 0.3 is 0 Å². The van der Waals surface area contributed by atoms with Crippen LogP contribution >= 0.6 is 0 Å². The van der Waals surface area contributed by atoms with Crippen LogP contribution in [0.4, 0.5) is 0 Å². The zero-order valence-electron chi connectivity index (χ0n) is 18.6. The molecule has 6 nitrogen and oxygen atoms in total. The summed E-state index contributed by atoms with van der Waals surface area (Å²) in [5.74, 6) is 1.82. The van der Waals surface area contributed by atoms with E-state index in [1.165, 1.54) is 0 Å². The normalized spacial score (nSPS) is 16.6. The Kier molecular flexibility index (Phi) is 5.52. The third-order valence-electron chi connectivity index (χ3n) is 6.51. The standard InChI is InChI=1S/C26H28N4O2/c1-18-8-3-4-10-21(18)26-27-24(32-28-26)14-19-9-7-13-30(16-19)25(31)15-20-17-29(2)23-12-6-5-11-22(20)23/h3-6,8,10-12,17,19H,7,9,13-16H2,1-2H3/t19-/m0/s1. The Morgan fingerprint density at radius 1 is 1.16 bits per heavy atom. The van der Waals surface area contributed by atoms with Gasteiger partial charge in [0.15, 0.2) is 0 Å². The molecule has 0 bridgehead atoms. The van der Waals surface area contributed by atoms with E-state index in [1.54, 1.807) is 0 Å². The zero-order chi connectivity index (χ0) is 22.1. The van der Waals surface area contributed by atoms with E-state index in [0.717, 1.165) is 53.5 Å². The lowest BCUT2D eigenvalue weighted by Gasteiger charge is -2.32. The molecule has 0 unspecified atom stereocenters. The Morgan fingerprint density at radius 2 is 1.97 bits per heavy atom. The number of para-hydroxylation sites is 1. The highest BCUT2D eigenvalue weighted by Crippen LogP contribution is 2.25. The van der Waals surface area contributed by atoms with Gasteiger partial charge in [-0.2, -0.15) is 4.98 Å². The smallest absolute Gasteiger partial charge is 0.227 e. The van der Waals surface area contributed by atoms with Crippen LogP contribution in [-0.2, 0) is 24.7 Å². The summed E-state index contributed by atoms with van der Waals surface area (Å²) in [6.45, 7) is 3.61. The Morgan fingerprint density at radius 3 is 2.84 bits per heavy atom. The first-order valence-electron chi connectivity index (χ1n) is 11.3. The van der Waals surface area contributed by atoms with Crippen molar-refractivity contribution >= 4 is 16.8 Å². The largest absolute Gasteiger partial charge is 0.350 e. The molecule has 0 aliphatic carbocycles. The molecule has 32 heavy (non-hydrogen) atoms. The highest BCUT2D eigenvalue weighted by atomic mass is 16.5. The maximum atomic E-state index is 13.1. The number of likely N-dealkylation sites (tertiary alicyclic amines) is 1. The van der Waals surface area contributed by atoms with Crippen molar-refractivity contribution in [2.24, 2.45) is 13.0 Å². The van der Waals surface area contributed by atoms with E-state index >= 15 is 0 Å². The van der Waals surface area contributed by atoms with Crippen LogP contribution < -0.4 is 0 Å². The monoisotopic (exact) mass is 428 g/mol. The maximum absolute atomic E-state index is 13.1. The highest BCUT2D eigenvalue weighted by molar-refractivity contribution is 5.89. The van der Waals surface area contributed by atoms with Crippen LogP contribution in [0.2, 0.25) is 0 Å². The van der Waals surface area contributed by atoms with Gasteiger partial charge in [-0.3, -0.25) is 4.79 Å². The van der Waals surface area contributed by atoms with Crippen molar-refractivity contribution < 1.29 is 9.32 Å². The number of amides is 1. The van der Waals surface area contributed by atoms with Crippen molar-refractivity contribution in [2.75, 3.05) is 13.1 Å². The quantitative estimate of drug-likeness (QED) is 0.467. The summed E-state index contributed by atoms with van der Waals surface area (Å²) in [7, 11) is 2.03. The SMILES string of the molecule is Cc1ccccc1-c1noc(C[C@@H]2CCCN(C(=O)Cc3cn(C)c4ccccc34)C2)n1. The summed E-state index contributed by atoms with van der Waals surface area (Å²) in [6, 6.07) is 16.3. The van der Waals surface area contributed by atoms with Crippen molar-refractivity contribution in [3.8, 4) is 11.4 Å². The molecule has 0 saturated carbocycles. The van der Waals surface area contributed by atoms with E-state index in [1.807, 2.05) is 55.3 Å². The molecule has 0 N–H and O–H groups in total. The molecule has 0 radical (unpaired) electrons. The fraction of sp³-hybridized carbons (Fsp3) is 0.346. The van der Waals surface area contributed by atoms with Crippen LogP contribution in [0.1, 0.15) is 29.9 Å². The van der Waals surface area contributed by atoms with Gasteiger partial charge in [0, 0.05) is 49.2 Å². The number of aryl methyl sites for hydroxylation is 2. The van der Waals surface area contributed by atoms with Gasteiger partial charge in [0.1, 0.15) is 0 Å². The Bertz CT molecular complexity index is 1260. The summed E-state index contributed by atoms with van der Waals surface area (Å²) >= 11 is 0. The van der Waals surface area contributed by atoms with Gasteiger partial charge in [-0.25, -0.2) is 0 Å². The molecule has 1 fully saturated rings. The molecule has 0 spiro atoms. The van der Waals surface area contributed by atoms with Crippen LogP contribution in [0, 0.1) is 12.8 Å². The summed E-state index contributed by atoms with van der Waals surface area (Å²) in [4.78, 5) is 19.7. The van der Waals surface area contributed by atoms with Crippen molar-refractivity contribution in [3.63, 3.8) is 0 Å². The summed E-state index contributed by atoms with van der Waals surface area (Å²) in [5.41, 5.74) is 4.38. The fourth-order valence-electron chi connectivity index (χ4n) is 4.82. The Hall–Kier alpha value is -3.41. The van der Waals surface area contributed by atoms with Crippen LogP contribution in [0.3, 0.4) is 0 Å². The van der Waals surface area contributed by atoms with Crippen LogP contribution in [0.15, 0.2) is 59.3 Å². The topological polar surface area (TPSA) is 64.2 Å². The average Bonchev–Trinajstić information content (AvgIpc) is 3.39. The third kappa shape index (κ3) is 4.05. The second-order valence-electron chi connectivity index (χ2n) is 8.84. The zero-order valence-corrected chi connectivity index (χ0v) is 18.6. The number of benzene rings is 2. The number of fused-ring (bicyclic) bond motifs is 1. The number of hydrogen-bond donors (Lipinski definition) is 0. The minimum atomic E-state index is 0.192. The van der Waals surface area contributed by atoms with E-state index in [4.69, 9.17) is 4.52 Å². The van der Waals surface area contributed by atoms with Crippen molar-refractivity contribution in [1.29, 1.82) is 0 Å². The lowest BCUT2D eigenvalue weighted by molar-refractivity contribution is -0.132. The van der Waals surface area contributed by atoms with Crippen molar-refractivity contribution in [2.45, 2.75) is 32.6 Å². The number of hydrogen-bond acceptors (Lipinski definition) is 4. The molecule has 1 aliphatic heterocycles. The first kappa shape index (κ1) is 20.5. The van der Waals surface area contributed by atoms with Gasteiger partial charge in [0.2, 0.25) is 17.6 Å². The molecular weight excluding hydrogens is 400 g/mol. The van der Waals surface area contributed by atoms with E-state index in [-0.39, 0.29) is 5.91 Å². The third-order valence-corrected chi connectivity index (χ3v) is 6.51. The lowest BCUT2D eigenvalue weighted by atomic mass is 9.94. The van der Waals surface area contributed by atoms with Crippen molar-refractivity contribution in [1.82, 2.24) is 19.6 Å². The Labute approximate surface area is 187 Å². The molecular formula is C26H28N4O2. The second-order valence-corrected chi connectivity index (χ2v) is 8.84. The minimum absolute atomic E-state index is 0.192.